The fraction of sp³-hybridized carbons (Fsp3) is 0.381. The monoisotopic (exact) mass is 320 g/mol. The zero-order valence-corrected chi connectivity index (χ0v) is 14.2. The van der Waals surface area contributed by atoms with E-state index >= 15 is 0 Å². The number of allylic oxidation sites excluding steroid dienone is 4. The molecule has 124 valence electrons. The third kappa shape index (κ3) is 2.68. The highest BCUT2D eigenvalue weighted by atomic mass is 16.1. The molecule has 1 fully saturated rings. The normalized spacial score (nSPS) is 23.7. The summed E-state index contributed by atoms with van der Waals surface area (Å²) < 4.78 is 0. The summed E-state index contributed by atoms with van der Waals surface area (Å²) in [6.45, 7) is 6.06. The lowest BCUT2D eigenvalue weighted by Gasteiger charge is -2.41. The second kappa shape index (κ2) is 6.31. The Morgan fingerprint density at radius 2 is 1.75 bits per heavy atom. The molecule has 0 N–H and O–H groups in total. The molecule has 3 aliphatic rings. The van der Waals surface area contributed by atoms with Gasteiger partial charge in [0.1, 0.15) is 0 Å². The number of ketones is 1. The van der Waals surface area contributed by atoms with Crippen LogP contribution in [0.25, 0.3) is 6.08 Å². The van der Waals surface area contributed by atoms with Crippen molar-refractivity contribution in [3.05, 3.63) is 65.0 Å². The first-order valence-corrected chi connectivity index (χ1v) is 8.95. The molecule has 2 aliphatic carbocycles. The van der Waals surface area contributed by atoms with Crippen LogP contribution >= 0.6 is 0 Å². The third-order valence-electron chi connectivity index (χ3n) is 5.35. The van der Waals surface area contributed by atoms with Crippen LogP contribution in [-0.4, -0.2) is 41.8 Å². The molecule has 0 spiro atoms. The summed E-state index contributed by atoms with van der Waals surface area (Å²) in [6, 6.07) is 7.96. The maximum absolute atomic E-state index is 12.7. The van der Waals surface area contributed by atoms with Gasteiger partial charge >= 0.3 is 0 Å². The summed E-state index contributed by atoms with van der Waals surface area (Å²) in [5, 5.41) is 0. The van der Waals surface area contributed by atoms with Crippen LogP contribution in [0.5, 0.6) is 0 Å². The van der Waals surface area contributed by atoms with Crippen LogP contribution in [0.3, 0.4) is 0 Å². The van der Waals surface area contributed by atoms with Crippen molar-refractivity contribution in [2.24, 2.45) is 5.92 Å². The minimum atomic E-state index is -0.0414. The number of benzene rings is 1. The molecule has 1 atom stereocenters. The number of fused-ring (bicyclic) bond motifs is 1. The summed E-state index contributed by atoms with van der Waals surface area (Å²) in [7, 11) is 0. The van der Waals surface area contributed by atoms with Crippen molar-refractivity contribution in [1.29, 1.82) is 0 Å². The van der Waals surface area contributed by atoms with Gasteiger partial charge in [-0.1, -0.05) is 36.4 Å². The molecular weight excluding hydrogens is 296 g/mol. The number of carbonyl (C=O) groups excluding carboxylic acids is 1. The number of piperazine rings is 1. The second-order valence-corrected chi connectivity index (χ2v) is 6.83. The first kappa shape index (κ1) is 15.3. The van der Waals surface area contributed by atoms with E-state index in [1.807, 2.05) is 31.2 Å². The van der Waals surface area contributed by atoms with Gasteiger partial charge < -0.3 is 9.80 Å². The molecule has 1 heterocycles. The standard InChI is InChI=1S/C21H24N2O/c1-16-20(15-17-7-5-6-10-19(17)21(16)24)23-13-11-22(12-14-23)18-8-3-2-4-9-18/h3,5-10,15-16H,2,4,11-14H2,1H3. The summed E-state index contributed by atoms with van der Waals surface area (Å²) >= 11 is 0. The number of rotatable bonds is 2. The van der Waals surface area contributed by atoms with E-state index in [2.05, 4.69) is 34.1 Å². The SMILES string of the molecule is CC1C(=O)c2ccccc2C=C1N1CCN(C2=CCCC=C2)CC1. The van der Waals surface area contributed by atoms with Crippen LogP contribution in [0.4, 0.5) is 0 Å². The predicted octanol–water partition coefficient (Wildman–Crippen LogP) is 3.71. The molecule has 1 saturated heterocycles. The molecule has 0 amide bonds. The molecular formula is C21H24N2O. The molecule has 1 aliphatic heterocycles. The molecule has 0 saturated carbocycles. The van der Waals surface area contributed by atoms with Gasteiger partial charge in [-0.15, -0.1) is 0 Å². The highest BCUT2D eigenvalue weighted by Gasteiger charge is 2.30. The average molecular weight is 320 g/mol. The minimum Gasteiger partial charge on any atom is -0.371 e. The van der Waals surface area contributed by atoms with Gasteiger partial charge in [-0.3, -0.25) is 4.79 Å². The lowest BCUT2D eigenvalue weighted by atomic mass is 9.86. The van der Waals surface area contributed by atoms with E-state index in [4.69, 9.17) is 0 Å². The Bertz CT molecular complexity index is 736. The van der Waals surface area contributed by atoms with E-state index in [1.54, 1.807) is 0 Å². The topological polar surface area (TPSA) is 23.6 Å². The Morgan fingerprint density at radius 3 is 2.50 bits per heavy atom. The maximum Gasteiger partial charge on any atom is 0.172 e. The molecule has 1 aromatic rings. The van der Waals surface area contributed by atoms with Crippen molar-refractivity contribution in [1.82, 2.24) is 9.80 Å². The summed E-state index contributed by atoms with van der Waals surface area (Å²) in [6.07, 6.45) is 11.4. The Hall–Kier alpha value is -2.29. The Balaban J connectivity index is 1.51. The molecule has 1 unspecified atom stereocenters. The largest absolute Gasteiger partial charge is 0.371 e. The van der Waals surface area contributed by atoms with E-state index < -0.39 is 0 Å². The maximum atomic E-state index is 12.7. The van der Waals surface area contributed by atoms with Crippen molar-refractivity contribution < 1.29 is 4.79 Å². The van der Waals surface area contributed by atoms with E-state index in [-0.39, 0.29) is 11.7 Å². The first-order chi connectivity index (χ1) is 11.7. The molecule has 0 radical (unpaired) electrons. The molecule has 3 nitrogen and oxygen atoms in total. The molecule has 1 aromatic carbocycles. The van der Waals surface area contributed by atoms with Crippen LogP contribution in [0.15, 0.2) is 53.9 Å². The van der Waals surface area contributed by atoms with Gasteiger partial charge in [0.25, 0.3) is 0 Å². The van der Waals surface area contributed by atoms with Crippen LogP contribution in [0.2, 0.25) is 0 Å². The molecule has 0 bridgehead atoms. The summed E-state index contributed by atoms with van der Waals surface area (Å²) in [4.78, 5) is 17.6. The van der Waals surface area contributed by atoms with Crippen LogP contribution in [0.1, 0.15) is 35.7 Å². The van der Waals surface area contributed by atoms with Gasteiger partial charge in [0.2, 0.25) is 0 Å². The highest BCUT2D eigenvalue weighted by molar-refractivity contribution is 6.05. The van der Waals surface area contributed by atoms with Crippen LogP contribution in [0, 0.1) is 5.92 Å². The quantitative estimate of drug-likeness (QED) is 0.830. The van der Waals surface area contributed by atoms with Crippen molar-refractivity contribution in [2.45, 2.75) is 19.8 Å². The molecule has 24 heavy (non-hydrogen) atoms. The highest BCUT2D eigenvalue weighted by Crippen LogP contribution is 2.31. The van der Waals surface area contributed by atoms with Gasteiger partial charge in [0.05, 0.1) is 5.92 Å². The number of hydrogen-bond acceptors (Lipinski definition) is 3. The zero-order chi connectivity index (χ0) is 16.5. The molecule has 3 heteroatoms. The molecule has 0 aromatic heterocycles. The van der Waals surface area contributed by atoms with Gasteiger partial charge in [-0.25, -0.2) is 0 Å². The Kier molecular flexibility index (Phi) is 4.01. The molecule has 4 rings (SSSR count). The van der Waals surface area contributed by atoms with Crippen LogP contribution in [-0.2, 0) is 0 Å². The first-order valence-electron chi connectivity index (χ1n) is 8.95. The number of nitrogens with zero attached hydrogens (tertiary/aromatic N) is 2. The predicted molar refractivity (Wildman–Crippen MR) is 97.5 cm³/mol. The van der Waals surface area contributed by atoms with Crippen molar-refractivity contribution in [3.63, 3.8) is 0 Å². The van der Waals surface area contributed by atoms with E-state index in [1.165, 1.54) is 11.4 Å². The number of carbonyl (C=O) groups is 1. The smallest absolute Gasteiger partial charge is 0.172 e. The summed E-state index contributed by atoms with van der Waals surface area (Å²) in [5.74, 6) is 0.212. The lowest BCUT2D eigenvalue weighted by Crippen LogP contribution is -2.47. The van der Waals surface area contributed by atoms with Gasteiger partial charge in [0.15, 0.2) is 5.78 Å². The van der Waals surface area contributed by atoms with E-state index in [0.717, 1.165) is 50.1 Å². The van der Waals surface area contributed by atoms with Gasteiger partial charge in [-0.2, -0.15) is 0 Å². The zero-order valence-electron chi connectivity index (χ0n) is 14.2. The lowest BCUT2D eigenvalue weighted by molar-refractivity contribution is 0.0915. The minimum absolute atomic E-state index is 0.0414. The third-order valence-corrected chi connectivity index (χ3v) is 5.35. The number of Topliss-reactive ketones (excluding diaryl/α,β-unsaturated/α-hetero) is 1. The fourth-order valence-electron chi connectivity index (χ4n) is 3.92. The number of hydrogen-bond donors (Lipinski definition) is 0. The van der Waals surface area contributed by atoms with E-state index in [9.17, 15) is 4.79 Å². The van der Waals surface area contributed by atoms with Gasteiger partial charge in [0, 0.05) is 43.1 Å². The fourth-order valence-corrected chi connectivity index (χ4v) is 3.92. The second-order valence-electron chi connectivity index (χ2n) is 6.83. The van der Waals surface area contributed by atoms with E-state index in [0.29, 0.717) is 0 Å². The van der Waals surface area contributed by atoms with Crippen molar-refractivity contribution >= 4 is 11.9 Å². The van der Waals surface area contributed by atoms with Gasteiger partial charge in [-0.05, 0) is 37.5 Å². The average Bonchev–Trinajstić information content (AvgIpc) is 2.66. The van der Waals surface area contributed by atoms with Crippen molar-refractivity contribution in [2.75, 3.05) is 26.2 Å². The van der Waals surface area contributed by atoms with Crippen LogP contribution < -0.4 is 0 Å². The summed E-state index contributed by atoms with van der Waals surface area (Å²) in [5.41, 5.74) is 4.49. The Labute approximate surface area is 144 Å². The van der Waals surface area contributed by atoms with Crippen molar-refractivity contribution in [3.8, 4) is 0 Å². The Morgan fingerprint density at radius 1 is 1.00 bits per heavy atom.